The third-order valence-electron chi connectivity index (χ3n) is 16.8. The summed E-state index contributed by atoms with van der Waals surface area (Å²) < 4.78 is 30.8. The van der Waals surface area contributed by atoms with Crippen molar-refractivity contribution in [2.45, 2.75) is 162 Å². The Labute approximate surface area is 298 Å². The number of hydrogen-bond donors (Lipinski definition) is 2. The second-order valence-electron chi connectivity index (χ2n) is 19.6. The Balaban J connectivity index is 1.02. The molecule has 0 aromatic carbocycles. The number of cyclic esters (lactones) is 1. The fourth-order valence-corrected chi connectivity index (χ4v) is 14.6. The number of esters is 2. The molecule has 8 fully saturated rings. The van der Waals surface area contributed by atoms with Gasteiger partial charge in [-0.2, -0.15) is 0 Å². The minimum absolute atomic E-state index is 0.0255. The first-order valence-corrected chi connectivity index (χ1v) is 19.8. The van der Waals surface area contributed by atoms with E-state index in [4.69, 9.17) is 23.7 Å². The number of nitrogens with zero attached hydrogens (tertiary/aromatic N) is 1. The quantitative estimate of drug-likeness (QED) is 0.371. The molecule has 3 saturated heterocycles. The van der Waals surface area contributed by atoms with E-state index in [9.17, 15) is 19.8 Å². The highest BCUT2D eigenvalue weighted by Crippen LogP contribution is 2.89. The van der Waals surface area contributed by atoms with Gasteiger partial charge in [0, 0.05) is 25.3 Å². The molecule has 3 aliphatic heterocycles. The predicted octanol–water partition coefficient (Wildman–Crippen LogP) is 4.86. The molecular weight excluding hydrogens is 638 g/mol. The van der Waals surface area contributed by atoms with Crippen LogP contribution in [0.5, 0.6) is 0 Å². The number of morpholine rings is 1. The lowest BCUT2D eigenvalue weighted by Crippen LogP contribution is -2.60. The summed E-state index contributed by atoms with van der Waals surface area (Å²) in [5, 5.41) is 23.6. The van der Waals surface area contributed by atoms with E-state index in [2.05, 4.69) is 39.5 Å². The smallest absolute Gasteiger partial charge is 0.323 e. The molecular formula is C40H63NO9. The van der Waals surface area contributed by atoms with Gasteiger partial charge in [-0.15, -0.1) is 0 Å². The normalized spacial score (nSPS) is 51.7. The van der Waals surface area contributed by atoms with Gasteiger partial charge in [0.25, 0.3) is 0 Å². The Morgan fingerprint density at radius 3 is 2.42 bits per heavy atom. The number of ether oxygens (including phenoxy) is 5. The standard InChI is InChI=1S/C40H63NO9/c1-22-19-25(33(36(5,6)45)48-23(2)42)49-31-30(22)37(7)14-15-40-21-39(40)13-11-28(35(3,4)26(39)9-10-27(40)38(37,8)32(31)43)50-29-20-41(16-18-46-29)24-12-17-47-34(24)44/h22,24-33,43,45H,9-21H2,1-8H3/t22?,24?,25-,26+,27+,28+,29+,30?,31+,32+,33+,37-,38-,39-,40+/m1/s1. The third-order valence-corrected chi connectivity index (χ3v) is 16.8. The van der Waals surface area contributed by atoms with Crippen molar-refractivity contribution in [2.24, 2.45) is 50.7 Å². The highest BCUT2D eigenvalue weighted by molar-refractivity contribution is 5.77. The van der Waals surface area contributed by atoms with Gasteiger partial charge in [0.1, 0.15) is 6.04 Å². The number of carbonyl (C=O) groups excluding carboxylic acids is 2. The molecule has 5 aliphatic carbocycles. The lowest BCUT2D eigenvalue weighted by molar-refractivity contribution is -0.250. The van der Waals surface area contributed by atoms with Crippen LogP contribution in [0.1, 0.15) is 113 Å². The Morgan fingerprint density at radius 1 is 1.02 bits per heavy atom. The molecule has 2 spiro atoms. The van der Waals surface area contributed by atoms with Gasteiger partial charge in [0.05, 0.1) is 49.8 Å². The molecule has 3 unspecified atom stereocenters. The molecule has 0 amide bonds. The molecule has 0 aromatic rings. The first-order chi connectivity index (χ1) is 23.4. The molecule has 3 heterocycles. The van der Waals surface area contributed by atoms with Gasteiger partial charge >= 0.3 is 11.9 Å². The predicted molar refractivity (Wildman–Crippen MR) is 184 cm³/mol. The topological polar surface area (TPSA) is 124 Å². The average Bonchev–Trinajstić information content (AvgIpc) is 3.44. The summed E-state index contributed by atoms with van der Waals surface area (Å²) in [5.74, 6) is 0.853. The summed E-state index contributed by atoms with van der Waals surface area (Å²) in [5.41, 5.74) is -1.19. The molecule has 8 aliphatic rings. The van der Waals surface area contributed by atoms with Gasteiger partial charge in [-0.1, -0.05) is 34.6 Å². The van der Waals surface area contributed by atoms with Crippen LogP contribution >= 0.6 is 0 Å². The second-order valence-corrected chi connectivity index (χ2v) is 19.6. The molecule has 0 bridgehead atoms. The lowest BCUT2D eigenvalue weighted by atomic mass is 9.41. The molecule has 50 heavy (non-hydrogen) atoms. The van der Waals surface area contributed by atoms with E-state index in [1.54, 1.807) is 13.8 Å². The van der Waals surface area contributed by atoms with Gasteiger partial charge in [-0.25, -0.2) is 0 Å². The number of rotatable bonds is 6. The Hall–Kier alpha value is -1.30. The maximum Gasteiger partial charge on any atom is 0.323 e. The molecule has 10 nitrogen and oxygen atoms in total. The van der Waals surface area contributed by atoms with Crippen molar-refractivity contribution in [2.75, 3.05) is 26.3 Å². The zero-order valence-electron chi connectivity index (χ0n) is 31.7. The van der Waals surface area contributed by atoms with Crippen molar-refractivity contribution in [1.82, 2.24) is 4.90 Å². The number of carbonyl (C=O) groups is 2. The van der Waals surface area contributed by atoms with Gasteiger partial charge in [0.15, 0.2) is 12.4 Å². The zero-order valence-corrected chi connectivity index (χ0v) is 31.7. The van der Waals surface area contributed by atoms with Crippen molar-refractivity contribution < 1.29 is 43.5 Å². The molecule has 15 atom stereocenters. The SMILES string of the molecule is CC(=O)O[C@@H]([C@H]1CC(C)C2[C@H](O1)[C@H](O)[C@@]1(C)[C@@H]3CC[C@H]4C(C)(C)[C@@H](O[C@H]5CN(C6CCOC6=O)CCO5)CC[C@@]45C[C@@]35CC[C@]21C)C(C)(C)O. The first kappa shape index (κ1) is 35.7. The number of aliphatic hydroxyl groups excluding tert-OH is 1. The highest BCUT2D eigenvalue weighted by atomic mass is 16.7. The Bertz CT molecular complexity index is 1380. The van der Waals surface area contributed by atoms with E-state index in [1.807, 2.05) is 0 Å². The van der Waals surface area contributed by atoms with Crippen LogP contribution in [-0.2, 0) is 33.3 Å². The van der Waals surface area contributed by atoms with Gasteiger partial charge in [0.2, 0.25) is 0 Å². The fraction of sp³-hybridized carbons (Fsp3) is 0.950. The van der Waals surface area contributed by atoms with Crippen molar-refractivity contribution in [3.05, 3.63) is 0 Å². The summed E-state index contributed by atoms with van der Waals surface area (Å²) >= 11 is 0. The Kier molecular flexibility index (Phi) is 8.29. The van der Waals surface area contributed by atoms with Crippen molar-refractivity contribution >= 4 is 11.9 Å². The van der Waals surface area contributed by atoms with E-state index in [0.29, 0.717) is 38.0 Å². The van der Waals surface area contributed by atoms with Gasteiger partial charge in [-0.05, 0) is 111 Å². The van der Waals surface area contributed by atoms with Crippen LogP contribution in [0.2, 0.25) is 0 Å². The monoisotopic (exact) mass is 701 g/mol. The van der Waals surface area contributed by atoms with E-state index in [0.717, 1.165) is 45.1 Å². The van der Waals surface area contributed by atoms with Crippen LogP contribution in [0.25, 0.3) is 0 Å². The maximum atomic E-state index is 12.6. The second kappa shape index (κ2) is 11.6. The molecule has 0 radical (unpaired) electrons. The minimum Gasteiger partial charge on any atom is -0.464 e. The summed E-state index contributed by atoms with van der Waals surface area (Å²) in [7, 11) is 0. The summed E-state index contributed by atoms with van der Waals surface area (Å²) in [6.07, 6.45) is 6.81. The maximum absolute atomic E-state index is 12.6. The lowest BCUT2D eigenvalue weighted by Gasteiger charge is -2.64. The van der Waals surface area contributed by atoms with E-state index >= 15 is 0 Å². The number of hydrogen-bond acceptors (Lipinski definition) is 10. The third kappa shape index (κ3) is 4.79. The molecule has 5 saturated carbocycles. The summed E-state index contributed by atoms with van der Waals surface area (Å²) in [6.45, 7) is 19.1. The fourth-order valence-electron chi connectivity index (χ4n) is 14.6. The van der Waals surface area contributed by atoms with Crippen molar-refractivity contribution in [3.8, 4) is 0 Å². The van der Waals surface area contributed by atoms with E-state index in [-0.39, 0.29) is 69.4 Å². The zero-order chi connectivity index (χ0) is 35.8. The van der Waals surface area contributed by atoms with Crippen LogP contribution < -0.4 is 0 Å². The van der Waals surface area contributed by atoms with E-state index < -0.39 is 29.9 Å². The molecule has 10 heteroatoms. The molecule has 0 aromatic heterocycles. The number of fused-ring (bicyclic) bond motifs is 4. The van der Waals surface area contributed by atoms with Crippen LogP contribution in [0, 0.1) is 50.7 Å². The largest absolute Gasteiger partial charge is 0.464 e. The molecule has 8 rings (SSSR count). The van der Waals surface area contributed by atoms with Crippen LogP contribution in [0.3, 0.4) is 0 Å². The van der Waals surface area contributed by atoms with Gasteiger partial charge in [-0.3, -0.25) is 14.5 Å². The highest BCUT2D eigenvalue weighted by Gasteiger charge is 2.84. The van der Waals surface area contributed by atoms with Crippen LogP contribution in [0.4, 0.5) is 0 Å². The Morgan fingerprint density at radius 2 is 1.74 bits per heavy atom. The van der Waals surface area contributed by atoms with E-state index in [1.165, 1.54) is 19.8 Å². The molecule has 282 valence electrons. The van der Waals surface area contributed by atoms with Crippen LogP contribution in [-0.4, -0.2) is 102 Å². The van der Waals surface area contributed by atoms with Crippen molar-refractivity contribution in [3.63, 3.8) is 0 Å². The van der Waals surface area contributed by atoms with Gasteiger partial charge < -0.3 is 33.9 Å². The molecule has 2 N–H and O–H groups in total. The minimum atomic E-state index is -1.27. The summed E-state index contributed by atoms with van der Waals surface area (Å²) in [6, 6.07) is -0.182. The number of aliphatic hydroxyl groups is 2. The van der Waals surface area contributed by atoms with Crippen molar-refractivity contribution in [1.29, 1.82) is 0 Å². The summed E-state index contributed by atoms with van der Waals surface area (Å²) in [4.78, 5) is 26.6. The first-order valence-electron chi connectivity index (χ1n) is 19.8. The van der Waals surface area contributed by atoms with Crippen LogP contribution in [0.15, 0.2) is 0 Å². The average molecular weight is 702 g/mol.